The number of oxazole rings is 1. The van der Waals surface area contributed by atoms with Crippen molar-refractivity contribution in [2.75, 3.05) is 21.3 Å². The van der Waals surface area contributed by atoms with E-state index in [1.807, 2.05) is 56.3 Å². The Morgan fingerprint density at radius 3 is 2.38 bits per heavy atom. The molecule has 178 valence electrons. The smallest absolute Gasteiger partial charge is 0.223 e. The third-order valence-corrected chi connectivity index (χ3v) is 5.21. The summed E-state index contributed by atoms with van der Waals surface area (Å²) in [6.45, 7) is 9.95. The zero-order valence-electron chi connectivity index (χ0n) is 20.7. The van der Waals surface area contributed by atoms with Crippen molar-refractivity contribution >= 4 is 22.4 Å². The molecule has 0 atom stereocenters. The maximum absolute atomic E-state index is 5.99. The van der Waals surface area contributed by atoms with E-state index in [1.54, 1.807) is 27.4 Å². The number of allylic oxidation sites excluding steroid dienone is 5. The third kappa shape index (κ3) is 5.52. The van der Waals surface area contributed by atoms with Gasteiger partial charge in [-0.25, -0.2) is 4.98 Å². The first-order chi connectivity index (χ1) is 16.4. The van der Waals surface area contributed by atoms with Crippen LogP contribution in [0.2, 0.25) is 0 Å². The van der Waals surface area contributed by atoms with Crippen LogP contribution >= 0.6 is 0 Å². The molecule has 1 aromatic heterocycles. The number of fused-ring (bicyclic) bond motifs is 1. The average Bonchev–Trinajstić information content (AvgIpc) is 3.26. The average molecular weight is 461 g/mol. The fourth-order valence-corrected chi connectivity index (χ4v) is 3.59. The van der Waals surface area contributed by atoms with E-state index in [1.165, 1.54) is 0 Å². The van der Waals surface area contributed by atoms with Crippen LogP contribution < -0.4 is 19.5 Å². The highest BCUT2D eigenvalue weighted by Crippen LogP contribution is 2.39. The quantitative estimate of drug-likeness (QED) is 0.341. The molecule has 0 bridgehead atoms. The molecule has 0 aliphatic heterocycles. The second kappa shape index (κ2) is 11.3. The summed E-state index contributed by atoms with van der Waals surface area (Å²) < 4.78 is 22.5. The van der Waals surface area contributed by atoms with Gasteiger partial charge in [0.15, 0.2) is 17.1 Å². The molecular formula is C28H32N2O4. The molecule has 0 unspecified atom stereocenters. The molecule has 6 heteroatoms. The summed E-state index contributed by atoms with van der Waals surface area (Å²) >= 11 is 0. The SMILES string of the molecule is C=C/C=C(\C=C(/C)c1nc2ccc(C)cc2o1)N/C(=C\CC)c1cc(OC)c(OC)c(OC)c1. The number of methoxy groups -OCH3 is 3. The Labute approximate surface area is 201 Å². The molecule has 1 heterocycles. The van der Waals surface area contributed by atoms with Gasteiger partial charge in [0.05, 0.1) is 21.3 Å². The van der Waals surface area contributed by atoms with E-state index < -0.39 is 0 Å². The highest BCUT2D eigenvalue weighted by Gasteiger charge is 2.16. The van der Waals surface area contributed by atoms with Crippen LogP contribution in [0.1, 0.15) is 37.3 Å². The molecule has 0 amide bonds. The van der Waals surface area contributed by atoms with Gasteiger partial charge in [0.1, 0.15) is 5.52 Å². The first-order valence-corrected chi connectivity index (χ1v) is 11.1. The minimum atomic E-state index is 0.549. The number of rotatable bonds is 10. The Hall–Kier alpha value is -3.93. The zero-order chi connectivity index (χ0) is 24.7. The second-order valence-corrected chi connectivity index (χ2v) is 7.74. The summed E-state index contributed by atoms with van der Waals surface area (Å²) in [4.78, 5) is 4.63. The van der Waals surface area contributed by atoms with E-state index in [2.05, 4.69) is 29.9 Å². The maximum atomic E-state index is 5.99. The maximum Gasteiger partial charge on any atom is 0.223 e. The third-order valence-electron chi connectivity index (χ3n) is 5.21. The summed E-state index contributed by atoms with van der Waals surface area (Å²) in [5, 5.41) is 3.51. The Morgan fingerprint density at radius 2 is 1.79 bits per heavy atom. The number of hydrogen-bond acceptors (Lipinski definition) is 6. The highest BCUT2D eigenvalue weighted by molar-refractivity contribution is 5.77. The van der Waals surface area contributed by atoms with Crippen molar-refractivity contribution in [3.63, 3.8) is 0 Å². The van der Waals surface area contributed by atoms with Crippen LogP contribution in [0.15, 0.2) is 71.3 Å². The van der Waals surface area contributed by atoms with Gasteiger partial charge >= 0.3 is 0 Å². The van der Waals surface area contributed by atoms with Gasteiger partial charge in [-0.15, -0.1) is 0 Å². The molecule has 0 saturated heterocycles. The predicted molar refractivity (Wildman–Crippen MR) is 138 cm³/mol. The summed E-state index contributed by atoms with van der Waals surface area (Å²) in [5.74, 6) is 2.30. The molecule has 34 heavy (non-hydrogen) atoms. The molecule has 3 aromatic rings. The van der Waals surface area contributed by atoms with Crippen molar-refractivity contribution in [1.29, 1.82) is 0 Å². The van der Waals surface area contributed by atoms with E-state index >= 15 is 0 Å². The van der Waals surface area contributed by atoms with E-state index in [9.17, 15) is 0 Å². The van der Waals surface area contributed by atoms with E-state index in [4.69, 9.17) is 18.6 Å². The monoisotopic (exact) mass is 460 g/mol. The lowest BCUT2D eigenvalue weighted by molar-refractivity contribution is 0.324. The van der Waals surface area contributed by atoms with Crippen molar-refractivity contribution < 1.29 is 18.6 Å². The molecule has 0 fully saturated rings. The van der Waals surface area contributed by atoms with E-state index in [-0.39, 0.29) is 0 Å². The van der Waals surface area contributed by atoms with Gasteiger partial charge in [0.25, 0.3) is 0 Å². The number of aryl methyl sites for hydroxylation is 1. The fourth-order valence-electron chi connectivity index (χ4n) is 3.59. The number of benzene rings is 2. The Bertz CT molecular complexity index is 1240. The van der Waals surface area contributed by atoms with Gasteiger partial charge in [-0.2, -0.15) is 0 Å². The summed E-state index contributed by atoms with van der Waals surface area (Å²) in [6.07, 6.45) is 8.55. The van der Waals surface area contributed by atoms with Gasteiger partial charge in [0.2, 0.25) is 11.6 Å². The van der Waals surface area contributed by atoms with Crippen LogP contribution in [-0.4, -0.2) is 26.3 Å². The van der Waals surface area contributed by atoms with E-state index in [0.717, 1.165) is 45.6 Å². The lowest BCUT2D eigenvalue weighted by Gasteiger charge is -2.17. The van der Waals surface area contributed by atoms with Gasteiger partial charge in [-0.1, -0.05) is 31.7 Å². The summed E-state index contributed by atoms with van der Waals surface area (Å²) in [5.41, 5.74) is 6.25. The molecule has 0 aliphatic rings. The number of nitrogens with one attached hydrogen (secondary N) is 1. The van der Waals surface area contributed by atoms with Gasteiger partial charge in [-0.05, 0) is 62.2 Å². The van der Waals surface area contributed by atoms with Crippen LogP contribution in [0, 0.1) is 6.92 Å². The highest BCUT2D eigenvalue weighted by atomic mass is 16.5. The first-order valence-electron chi connectivity index (χ1n) is 11.1. The second-order valence-electron chi connectivity index (χ2n) is 7.74. The molecule has 6 nitrogen and oxygen atoms in total. The number of ether oxygens (including phenoxy) is 3. The van der Waals surface area contributed by atoms with Crippen molar-refractivity contribution in [1.82, 2.24) is 10.3 Å². The molecule has 2 aromatic carbocycles. The minimum absolute atomic E-state index is 0.549. The summed E-state index contributed by atoms with van der Waals surface area (Å²) in [7, 11) is 4.80. The lowest BCUT2D eigenvalue weighted by Crippen LogP contribution is -2.11. The Morgan fingerprint density at radius 1 is 1.09 bits per heavy atom. The van der Waals surface area contributed by atoms with Gasteiger partial charge in [0, 0.05) is 22.5 Å². The van der Waals surface area contributed by atoms with Crippen molar-refractivity contribution in [3.8, 4) is 17.2 Å². The van der Waals surface area contributed by atoms with Crippen LogP contribution in [0.5, 0.6) is 17.2 Å². The molecule has 0 radical (unpaired) electrons. The largest absolute Gasteiger partial charge is 0.493 e. The fraction of sp³-hybridized carbons (Fsp3) is 0.250. The molecule has 0 saturated carbocycles. The molecular weight excluding hydrogens is 428 g/mol. The van der Waals surface area contributed by atoms with Crippen molar-refractivity contribution in [3.05, 3.63) is 83.9 Å². The molecule has 0 aliphatic carbocycles. The predicted octanol–water partition coefficient (Wildman–Crippen LogP) is 6.68. The first kappa shape index (κ1) is 24.7. The zero-order valence-corrected chi connectivity index (χ0v) is 20.7. The van der Waals surface area contributed by atoms with Crippen LogP contribution in [0.25, 0.3) is 22.4 Å². The van der Waals surface area contributed by atoms with Crippen LogP contribution in [0.4, 0.5) is 0 Å². The summed E-state index contributed by atoms with van der Waals surface area (Å²) in [6, 6.07) is 9.82. The van der Waals surface area contributed by atoms with Gasteiger partial charge < -0.3 is 23.9 Å². The van der Waals surface area contributed by atoms with Crippen LogP contribution in [0.3, 0.4) is 0 Å². The van der Waals surface area contributed by atoms with Crippen LogP contribution in [-0.2, 0) is 0 Å². The molecule has 3 rings (SSSR count). The molecule has 0 spiro atoms. The number of nitrogens with zero attached hydrogens (tertiary/aromatic N) is 1. The minimum Gasteiger partial charge on any atom is -0.493 e. The Kier molecular flexibility index (Phi) is 8.19. The number of aromatic nitrogens is 1. The topological polar surface area (TPSA) is 65.8 Å². The normalized spacial score (nSPS) is 12.6. The van der Waals surface area contributed by atoms with Crippen molar-refractivity contribution in [2.45, 2.75) is 27.2 Å². The number of hydrogen-bond donors (Lipinski definition) is 1. The van der Waals surface area contributed by atoms with Gasteiger partial charge in [-0.3, -0.25) is 0 Å². The standard InChI is InChI=1S/C28H32N2O4/c1-8-10-21(15-19(4)28-30-23-13-12-18(3)14-24(23)34-28)29-22(11-9-2)20-16-25(31-5)27(33-7)26(17-20)32-6/h8,10-17,29H,1,9H2,2-7H3/b19-15+,21-10+,22-11-. The van der Waals surface area contributed by atoms with Crippen molar-refractivity contribution in [2.24, 2.45) is 0 Å². The van der Waals surface area contributed by atoms with E-state index in [0.29, 0.717) is 23.1 Å². The molecule has 1 N–H and O–H groups in total. The Balaban J connectivity index is 1.98. The lowest BCUT2D eigenvalue weighted by atomic mass is 10.1.